The predicted octanol–water partition coefficient (Wildman–Crippen LogP) is 3.65. The van der Waals surface area contributed by atoms with Crippen LogP contribution in [0.25, 0.3) is 10.8 Å². The molecular formula is C23H31N3O4. The fraction of sp³-hybridized carbons (Fsp3) is 0.478. The number of nitrogens with zero attached hydrogens (tertiary/aromatic N) is 2. The maximum atomic E-state index is 12.5. The van der Waals surface area contributed by atoms with Crippen molar-refractivity contribution in [3.05, 3.63) is 42.0 Å². The molecule has 0 unspecified atom stereocenters. The highest BCUT2D eigenvalue weighted by Gasteiger charge is 2.27. The summed E-state index contributed by atoms with van der Waals surface area (Å²) in [5, 5.41) is 5.28. The van der Waals surface area contributed by atoms with Gasteiger partial charge in [-0.15, -0.1) is 0 Å². The van der Waals surface area contributed by atoms with Gasteiger partial charge >= 0.3 is 12.1 Å². The Hall–Kier alpha value is -2.96. The third-order valence-corrected chi connectivity index (χ3v) is 5.07. The fourth-order valence-corrected chi connectivity index (χ4v) is 3.50. The minimum atomic E-state index is -0.517. The maximum absolute atomic E-state index is 12.5. The zero-order valence-corrected chi connectivity index (χ0v) is 18.2. The number of urea groups is 1. The molecule has 1 saturated heterocycles. The average Bonchev–Trinajstić information content (AvgIpc) is 2.72. The predicted molar refractivity (Wildman–Crippen MR) is 117 cm³/mol. The number of fused-ring (bicyclic) bond motifs is 1. The molecule has 0 saturated carbocycles. The van der Waals surface area contributed by atoms with E-state index in [1.54, 1.807) is 16.9 Å². The maximum Gasteiger partial charge on any atom is 0.410 e. The molecule has 1 aliphatic heterocycles. The highest BCUT2D eigenvalue weighted by Crippen LogP contribution is 2.24. The number of carbonyl (C=O) groups excluding carboxylic acids is 2. The van der Waals surface area contributed by atoms with Crippen LogP contribution in [0, 0.1) is 0 Å². The average molecular weight is 414 g/mol. The minimum absolute atomic E-state index is 0.100. The molecule has 1 heterocycles. The lowest BCUT2D eigenvalue weighted by atomic mass is 10.0. The smallest absolute Gasteiger partial charge is 0.410 e. The van der Waals surface area contributed by atoms with Gasteiger partial charge in [0.1, 0.15) is 11.4 Å². The van der Waals surface area contributed by atoms with Crippen LogP contribution in [0.2, 0.25) is 0 Å². The van der Waals surface area contributed by atoms with Crippen molar-refractivity contribution in [1.29, 1.82) is 0 Å². The van der Waals surface area contributed by atoms with Crippen LogP contribution in [-0.4, -0.2) is 67.4 Å². The molecule has 1 N–H and O–H groups in total. The van der Waals surface area contributed by atoms with E-state index in [2.05, 4.69) is 17.4 Å². The van der Waals surface area contributed by atoms with Crippen LogP contribution in [0.3, 0.4) is 0 Å². The van der Waals surface area contributed by atoms with Gasteiger partial charge in [0.25, 0.3) is 0 Å². The number of ether oxygens (including phenoxy) is 2. The highest BCUT2D eigenvalue weighted by molar-refractivity contribution is 5.87. The van der Waals surface area contributed by atoms with Crippen molar-refractivity contribution in [3.8, 4) is 5.75 Å². The van der Waals surface area contributed by atoms with Crippen molar-refractivity contribution in [1.82, 2.24) is 15.1 Å². The van der Waals surface area contributed by atoms with Gasteiger partial charge in [-0.2, -0.15) is 0 Å². The molecular weight excluding hydrogens is 382 g/mol. The number of hydrogen-bond donors (Lipinski definition) is 1. The molecule has 3 rings (SSSR count). The Morgan fingerprint density at radius 2 is 1.73 bits per heavy atom. The molecule has 3 amide bonds. The summed E-state index contributed by atoms with van der Waals surface area (Å²) in [6.07, 6.45) is 0.405. The lowest BCUT2D eigenvalue weighted by Crippen LogP contribution is -2.54. The van der Waals surface area contributed by atoms with E-state index in [0.717, 1.165) is 22.9 Å². The Labute approximate surface area is 177 Å². The molecule has 1 aliphatic rings. The van der Waals surface area contributed by atoms with E-state index in [-0.39, 0.29) is 12.1 Å². The quantitative estimate of drug-likeness (QED) is 0.831. The topological polar surface area (TPSA) is 71.1 Å². The number of nitrogens with one attached hydrogen (secondary N) is 1. The van der Waals surface area contributed by atoms with Crippen LogP contribution in [0.1, 0.15) is 26.3 Å². The number of rotatable bonds is 4. The Morgan fingerprint density at radius 1 is 1.03 bits per heavy atom. The summed E-state index contributed by atoms with van der Waals surface area (Å²) in [7, 11) is 1.66. The Balaban J connectivity index is 1.49. The van der Waals surface area contributed by atoms with Crippen LogP contribution in [0.15, 0.2) is 36.4 Å². The van der Waals surface area contributed by atoms with Crippen LogP contribution < -0.4 is 10.1 Å². The molecule has 0 atom stereocenters. The number of methoxy groups -OCH3 is 1. The molecule has 30 heavy (non-hydrogen) atoms. The van der Waals surface area contributed by atoms with E-state index >= 15 is 0 Å². The number of amides is 3. The second-order valence-corrected chi connectivity index (χ2v) is 8.44. The van der Waals surface area contributed by atoms with E-state index < -0.39 is 5.60 Å². The van der Waals surface area contributed by atoms with Crippen molar-refractivity contribution < 1.29 is 19.1 Å². The van der Waals surface area contributed by atoms with Crippen LogP contribution in [0.5, 0.6) is 5.75 Å². The van der Waals surface area contributed by atoms with Gasteiger partial charge in [-0.3, -0.25) is 0 Å². The third kappa shape index (κ3) is 5.55. The van der Waals surface area contributed by atoms with Crippen LogP contribution >= 0.6 is 0 Å². The van der Waals surface area contributed by atoms with Crippen molar-refractivity contribution in [2.45, 2.75) is 32.8 Å². The van der Waals surface area contributed by atoms with Gasteiger partial charge in [0, 0.05) is 32.7 Å². The first-order valence-corrected chi connectivity index (χ1v) is 10.3. The van der Waals surface area contributed by atoms with Crippen LogP contribution in [-0.2, 0) is 11.2 Å². The summed E-state index contributed by atoms with van der Waals surface area (Å²) in [6, 6.07) is 12.1. The molecule has 0 aromatic heterocycles. The Bertz CT molecular complexity index is 899. The monoisotopic (exact) mass is 413 g/mol. The largest absolute Gasteiger partial charge is 0.497 e. The second kappa shape index (κ2) is 9.24. The molecule has 0 radical (unpaired) electrons. The van der Waals surface area contributed by atoms with Crippen molar-refractivity contribution in [3.63, 3.8) is 0 Å². The normalized spacial score (nSPS) is 14.5. The molecule has 7 heteroatoms. The molecule has 0 spiro atoms. The lowest BCUT2D eigenvalue weighted by Gasteiger charge is -2.35. The van der Waals surface area contributed by atoms with Gasteiger partial charge in [-0.25, -0.2) is 9.59 Å². The summed E-state index contributed by atoms with van der Waals surface area (Å²) in [5.41, 5.74) is 0.651. The van der Waals surface area contributed by atoms with Crippen LogP contribution in [0.4, 0.5) is 9.59 Å². The van der Waals surface area contributed by atoms with Crippen molar-refractivity contribution in [2.75, 3.05) is 39.8 Å². The summed E-state index contributed by atoms with van der Waals surface area (Å²) in [5.74, 6) is 0.821. The van der Waals surface area contributed by atoms with E-state index in [1.165, 1.54) is 5.56 Å². The van der Waals surface area contributed by atoms with Crippen molar-refractivity contribution in [2.24, 2.45) is 0 Å². The number of benzene rings is 2. The summed E-state index contributed by atoms with van der Waals surface area (Å²) >= 11 is 0. The number of piperazine rings is 1. The van der Waals surface area contributed by atoms with Gasteiger partial charge < -0.3 is 24.6 Å². The second-order valence-electron chi connectivity index (χ2n) is 8.44. The molecule has 2 aromatic rings. The first kappa shape index (κ1) is 21.7. The highest BCUT2D eigenvalue weighted by atomic mass is 16.6. The fourth-order valence-electron chi connectivity index (χ4n) is 3.50. The molecule has 0 bridgehead atoms. The SMILES string of the molecule is COc1ccc2cccc(CCNC(=O)N3CCN(C(=O)OC(C)(C)C)CC3)c2c1. The van der Waals surface area contributed by atoms with E-state index in [9.17, 15) is 9.59 Å². The molecule has 162 valence electrons. The molecule has 1 fully saturated rings. The van der Waals surface area contributed by atoms with Gasteiger partial charge in [0.15, 0.2) is 0 Å². The minimum Gasteiger partial charge on any atom is -0.497 e. The van der Waals surface area contributed by atoms with E-state index in [0.29, 0.717) is 32.7 Å². The zero-order chi connectivity index (χ0) is 21.7. The van der Waals surface area contributed by atoms with Gasteiger partial charge in [-0.05, 0) is 55.7 Å². The summed E-state index contributed by atoms with van der Waals surface area (Å²) in [6.45, 7) is 8.04. The summed E-state index contributed by atoms with van der Waals surface area (Å²) < 4.78 is 10.7. The van der Waals surface area contributed by atoms with Gasteiger partial charge in [0.2, 0.25) is 0 Å². The first-order valence-electron chi connectivity index (χ1n) is 10.3. The van der Waals surface area contributed by atoms with Gasteiger partial charge in [0.05, 0.1) is 7.11 Å². The Morgan fingerprint density at radius 3 is 2.40 bits per heavy atom. The third-order valence-electron chi connectivity index (χ3n) is 5.07. The number of hydrogen-bond acceptors (Lipinski definition) is 4. The zero-order valence-electron chi connectivity index (χ0n) is 18.2. The molecule has 2 aromatic carbocycles. The molecule has 7 nitrogen and oxygen atoms in total. The van der Waals surface area contributed by atoms with E-state index in [1.807, 2.05) is 45.0 Å². The van der Waals surface area contributed by atoms with Crippen molar-refractivity contribution >= 4 is 22.9 Å². The lowest BCUT2D eigenvalue weighted by molar-refractivity contribution is 0.0170. The first-order chi connectivity index (χ1) is 14.3. The number of carbonyl (C=O) groups is 2. The van der Waals surface area contributed by atoms with Gasteiger partial charge in [-0.1, -0.05) is 24.3 Å². The Kier molecular flexibility index (Phi) is 6.70. The van der Waals surface area contributed by atoms with E-state index in [4.69, 9.17) is 9.47 Å². The molecule has 0 aliphatic carbocycles. The summed E-state index contributed by atoms with van der Waals surface area (Å²) in [4.78, 5) is 28.1. The standard InChI is InChI=1S/C23H31N3O4/c1-23(2,3)30-22(28)26-14-12-25(13-15-26)21(27)24-11-10-18-7-5-6-17-8-9-19(29-4)16-20(17)18/h5-9,16H,10-15H2,1-4H3,(H,24,27).